The van der Waals surface area contributed by atoms with E-state index in [2.05, 4.69) is 29.5 Å². The number of rotatable bonds is 6. The van der Waals surface area contributed by atoms with Crippen LogP contribution in [-0.4, -0.2) is 49.6 Å². The molecule has 2 fully saturated rings. The Hall–Kier alpha value is -0.0400. The summed E-state index contributed by atoms with van der Waals surface area (Å²) >= 11 is 0. The van der Waals surface area contributed by atoms with Gasteiger partial charge in [0, 0.05) is 25.2 Å². The largest absolute Gasteiger partial charge is 0.357 e. The molecule has 2 aliphatic carbocycles. The van der Waals surface area contributed by atoms with Crippen LogP contribution in [0.25, 0.3) is 0 Å². The molecule has 0 atom stereocenters. The van der Waals surface area contributed by atoms with Crippen molar-refractivity contribution in [2.24, 2.45) is 4.99 Å². The van der Waals surface area contributed by atoms with Gasteiger partial charge in [-0.15, -0.1) is 24.0 Å². The van der Waals surface area contributed by atoms with Crippen molar-refractivity contribution >= 4 is 29.9 Å². The Bertz CT molecular complexity index is 297. The molecule has 5 heteroatoms. The van der Waals surface area contributed by atoms with E-state index in [0.717, 1.165) is 31.6 Å². The Morgan fingerprint density at radius 3 is 2.33 bits per heavy atom. The number of hydrogen-bond donors (Lipinski definition) is 2. The monoisotopic (exact) mass is 408 g/mol. The number of aliphatic imine (C=N–C) groups is 1. The van der Waals surface area contributed by atoms with Crippen LogP contribution in [0.5, 0.6) is 0 Å². The van der Waals surface area contributed by atoms with Gasteiger partial charge in [0.1, 0.15) is 0 Å². The minimum absolute atomic E-state index is 0. The molecule has 0 aliphatic heterocycles. The number of likely N-dealkylation sites (N-methyl/N-ethyl adjacent to an activating group) is 1. The van der Waals surface area contributed by atoms with E-state index >= 15 is 0 Å². The predicted molar refractivity (Wildman–Crippen MR) is 102 cm³/mol. The molecule has 0 amide bonds. The minimum atomic E-state index is 0. The maximum absolute atomic E-state index is 4.74. The summed E-state index contributed by atoms with van der Waals surface area (Å²) in [5, 5.41) is 6.95. The lowest BCUT2D eigenvalue weighted by atomic mass is 10.2. The average Bonchev–Trinajstić information content (AvgIpc) is 3.12. The van der Waals surface area contributed by atoms with Crippen molar-refractivity contribution in [2.45, 2.75) is 70.4 Å². The molecular formula is C16H33IN4. The molecule has 2 saturated carbocycles. The fraction of sp³-hybridized carbons (Fsp3) is 0.938. The summed E-state index contributed by atoms with van der Waals surface area (Å²) in [6.07, 6.45) is 10.9. The Kier molecular flexibility index (Phi) is 9.64. The van der Waals surface area contributed by atoms with Gasteiger partial charge < -0.3 is 15.5 Å². The van der Waals surface area contributed by atoms with Crippen LogP contribution in [0.15, 0.2) is 4.99 Å². The van der Waals surface area contributed by atoms with E-state index in [4.69, 9.17) is 4.99 Å². The molecule has 0 saturated heterocycles. The molecule has 0 aromatic heterocycles. The molecule has 0 bridgehead atoms. The zero-order valence-corrected chi connectivity index (χ0v) is 16.1. The summed E-state index contributed by atoms with van der Waals surface area (Å²) in [6.45, 7) is 5.05. The summed E-state index contributed by atoms with van der Waals surface area (Å²) in [4.78, 5) is 7.24. The first kappa shape index (κ1) is 19.0. The molecule has 2 N–H and O–H groups in total. The fourth-order valence-corrected chi connectivity index (χ4v) is 3.43. The highest BCUT2D eigenvalue weighted by Crippen LogP contribution is 2.22. The topological polar surface area (TPSA) is 39.7 Å². The van der Waals surface area contributed by atoms with Crippen LogP contribution in [0.4, 0.5) is 0 Å². The van der Waals surface area contributed by atoms with Gasteiger partial charge in [-0.2, -0.15) is 0 Å². The van der Waals surface area contributed by atoms with Crippen LogP contribution >= 0.6 is 24.0 Å². The van der Waals surface area contributed by atoms with Crippen LogP contribution in [0.1, 0.15) is 58.3 Å². The van der Waals surface area contributed by atoms with E-state index in [0.29, 0.717) is 6.04 Å². The van der Waals surface area contributed by atoms with Crippen molar-refractivity contribution < 1.29 is 0 Å². The van der Waals surface area contributed by atoms with Crippen molar-refractivity contribution in [1.82, 2.24) is 15.5 Å². The number of hydrogen-bond acceptors (Lipinski definition) is 2. The van der Waals surface area contributed by atoms with Crippen molar-refractivity contribution in [2.75, 3.05) is 26.7 Å². The maximum Gasteiger partial charge on any atom is 0.191 e. The average molecular weight is 408 g/mol. The molecule has 2 rings (SSSR count). The molecule has 124 valence electrons. The van der Waals surface area contributed by atoms with Crippen LogP contribution in [0.3, 0.4) is 0 Å². The van der Waals surface area contributed by atoms with Crippen molar-refractivity contribution in [3.05, 3.63) is 0 Å². The number of halogens is 1. The van der Waals surface area contributed by atoms with E-state index in [1.54, 1.807) is 0 Å². The van der Waals surface area contributed by atoms with Crippen LogP contribution < -0.4 is 10.6 Å². The highest BCUT2D eigenvalue weighted by molar-refractivity contribution is 14.0. The van der Waals surface area contributed by atoms with Gasteiger partial charge in [-0.3, -0.25) is 4.99 Å². The van der Waals surface area contributed by atoms with E-state index < -0.39 is 0 Å². The van der Waals surface area contributed by atoms with Gasteiger partial charge in [0.2, 0.25) is 0 Å². The summed E-state index contributed by atoms with van der Waals surface area (Å²) in [6, 6.07) is 1.44. The third kappa shape index (κ3) is 6.72. The second-order valence-corrected chi connectivity index (χ2v) is 6.31. The van der Waals surface area contributed by atoms with Gasteiger partial charge in [-0.05, 0) is 39.7 Å². The van der Waals surface area contributed by atoms with Crippen molar-refractivity contribution in [1.29, 1.82) is 0 Å². The lowest BCUT2D eigenvalue weighted by molar-refractivity contribution is 0.252. The molecule has 0 heterocycles. The van der Waals surface area contributed by atoms with Crippen LogP contribution in [-0.2, 0) is 0 Å². The Morgan fingerprint density at radius 1 is 1.10 bits per heavy atom. The molecule has 2 aliphatic rings. The first-order valence-electron chi connectivity index (χ1n) is 8.54. The summed E-state index contributed by atoms with van der Waals surface area (Å²) < 4.78 is 0. The molecule has 4 nitrogen and oxygen atoms in total. The number of nitrogens with one attached hydrogen (secondary N) is 2. The third-order valence-corrected chi connectivity index (χ3v) is 4.71. The van der Waals surface area contributed by atoms with E-state index in [-0.39, 0.29) is 24.0 Å². The molecule has 0 unspecified atom stereocenters. The number of nitrogens with zero attached hydrogens (tertiary/aromatic N) is 2. The third-order valence-electron chi connectivity index (χ3n) is 4.71. The van der Waals surface area contributed by atoms with Gasteiger partial charge in [-0.1, -0.05) is 25.7 Å². The van der Waals surface area contributed by atoms with Crippen LogP contribution in [0.2, 0.25) is 0 Å². The normalized spacial score (nSPS) is 20.8. The highest BCUT2D eigenvalue weighted by Gasteiger charge is 2.19. The van der Waals surface area contributed by atoms with Crippen molar-refractivity contribution in [3.8, 4) is 0 Å². The smallest absolute Gasteiger partial charge is 0.191 e. The fourth-order valence-electron chi connectivity index (χ4n) is 3.43. The zero-order valence-electron chi connectivity index (χ0n) is 13.7. The Balaban J connectivity index is 0.00000220. The molecule has 21 heavy (non-hydrogen) atoms. The van der Waals surface area contributed by atoms with Gasteiger partial charge in [0.15, 0.2) is 5.96 Å². The Morgan fingerprint density at radius 2 is 1.71 bits per heavy atom. The Labute approximate surface area is 147 Å². The number of guanidine groups is 1. The minimum Gasteiger partial charge on any atom is -0.357 e. The van der Waals surface area contributed by atoms with Crippen LogP contribution in [0, 0.1) is 0 Å². The van der Waals surface area contributed by atoms with Gasteiger partial charge in [-0.25, -0.2) is 0 Å². The van der Waals surface area contributed by atoms with Gasteiger partial charge >= 0.3 is 0 Å². The highest BCUT2D eigenvalue weighted by atomic mass is 127. The quantitative estimate of drug-likeness (QED) is 0.403. The van der Waals surface area contributed by atoms with E-state index in [9.17, 15) is 0 Å². The molecule has 0 aromatic carbocycles. The first-order chi connectivity index (χ1) is 9.79. The molecule has 0 radical (unpaired) electrons. The zero-order chi connectivity index (χ0) is 14.2. The lowest BCUT2D eigenvalue weighted by Crippen LogP contribution is -2.43. The standard InChI is InChI=1S/C16H32N4.HI/c1-3-17-16(19-14-8-4-5-9-14)18-12-13-20(2)15-10-6-7-11-15;/h14-15H,3-13H2,1-2H3,(H2,17,18,19);1H. The second kappa shape index (κ2) is 10.6. The van der Waals surface area contributed by atoms with E-state index in [1.165, 1.54) is 51.4 Å². The summed E-state index contributed by atoms with van der Waals surface area (Å²) in [5.74, 6) is 1.01. The SMILES string of the molecule is CCNC(=NCCN(C)C1CCCC1)NC1CCCC1.I. The lowest BCUT2D eigenvalue weighted by Gasteiger charge is -2.23. The predicted octanol–water partition coefficient (Wildman–Crippen LogP) is 2.98. The van der Waals surface area contributed by atoms with E-state index in [1.807, 2.05) is 0 Å². The first-order valence-corrected chi connectivity index (χ1v) is 8.54. The molecule has 0 aromatic rings. The van der Waals surface area contributed by atoms with Crippen molar-refractivity contribution in [3.63, 3.8) is 0 Å². The summed E-state index contributed by atoms with van der Waals surface area (Å²) in [7, 11) is 2.25. The second-order valence-electron chi connectivity index (χ2n) is 6.31. The maximum atomic E-state index is 4.74. The summed E-state index contributed by atoms with van der Waals surface area (Å²) in [5.41, 5.74) is 0. The van der Waals surface area contributed by atoms with Gasteiger partial charge in [0.05, 0.1) is 6.54 Å². The molecule has 0 spiro atoms. The van der Waals surface area contributed by atoms with Gasteiger partial charge in [0.25, 0.3) is 0 Å². The molecular weight excluding hydrogens is 375 g/mol.